The van der Waals surface area contributed by atoms with E-state index in [0.29, 0.717) is 32.1 Å². The van der Waals surface area contributed by atoms with Crippen molar-refractivity contribution >= 4 is 27.6 Å². The minimum absolute atomic E-state index is 0.0876. The van der Waals surface area contributed by atoms with Crippen LogP contribution in [-0.2, 0) is 41.8 Å². The molecule has 0 bridgehead atoms. The largest absolute Gasteiger partial charge is 0.472 e. The summed E-state index contributed by atoms with van der Waals surface area (Å²) in [4.78, 5) is 52.8. The number of phosphoric ester groups is 2. The van der Waals surface area contributed by atoms with Crippen molar-refractivity contribution in [1.82, 2.24) is 0 Å². The summed E-state index contributed by atoms with van der Waals surface area (Å²) in [6.45, 7) is 3.93. The van der Waals surface area contributed by atoms with E-state index in [0.717, 1.165) is 38.0 Å². The molecule has 0 aliphatic heterocycles. The monoisotopic (exact) mass is 937 g/mol. The number of aliphatic hydroxyl groups excluding tert-OH is 2. The first-order valence-corrected chi connectivity index (χ1v) is 26.8. The van der Waals surface area contributed by atoms with Gasteiger partial charge in [-0.2, -0.15) is 0 Å². The van der Waals surface area contributed by atoms with Gasteiger partial charge >= 0.3 is 27.6 Å². The van der Waals surface area contributed by atoms with Gasteiger partial charge in [0.25, 0.3) is 0 Å². The highest BCUT2D eigenvalue weighted by atomic mass is 31.2. The van der Waals surface area contributed by atoms with Crippen LogP contribution >= 0.6 is 15.6 Å². The van der Waals surface area contributed by atoms with Crippen LogP contribution in [0.25, 0.3) is 0 Å². The lowest BCUT2D eigenvalue weighted by Gasteiger charge is -2.20. The van der Waals surface area contributed by atoms with Gasteiger partial charge in [0.2, 0.25) is 0 Å². The summed E-state index contributed by atoms with van der Waals surface area (Å²) in [7, 11) is -9.71. The molecule has 0 fully saturated rings. The number of hydrogen-bond acceptors (Lipinski definition) is 11. The van der Waals surface area contributed by atoms with Crippen LogP contribution in [-0.4, -0.2) is 81.6 Å². The number of unbranched alkanes of at least 4 members (excludes halogenated alkanes) is 18. The zero-order valence-electron chi connectivity index (χ0n) is 38.9. The van der Waals surface area contributed by atoms with E-state index in [-0.39, 0.29) is 12.8 Å². The van der Waals surface area contributed by atoms with Crippen molar-refractivity contribution < 1.29 is 66.7 Å². The van der Waals surface area contributed by atoms with E-state index >= 15 is 0 Å². The van der Waals surface area contributed by atoms with Crippen LogP contribution in [0.1, 0.15) is 188 Å². The van der Waals surface area contributed by atoms with Crippen LogP contribution in [0.15, 0.2) is 48.6 Å². The van der Waals surface area contributed by atoms with Gasteiger partial charge in [0.1, 0.15) is 12.7 Å². The molecule has 0 spiro atoms. The first-order valence-electron chi connectivity index (χ1n) is 23.8. The molecule has 4 atom stereocenters. The van der Waals surface area contributed by atoms with Gasteiger partial charge in [0.15, 0.2) is 6.10 Å². The Morgan fingerprint density at radius 1 is 0.571 bits per heavy atom. The molecule has 63 heavy (non-hydrogen) atoms. The number of ether oxygens (including phenoxy) is 2. The number of hydrogen-bond donors (Lipinski definition) is 5. The number of aliphatic hydroxyl groups is 2. The maximum atomic E-state index is 12.7. The predicted octanol–water partition coefficient (Wildman–Crippen LogP) is 11.4. The SMILES string of the molecule is CCCCC/C=C\C[C@@H](O)/C=C/C=C\C/C=C\CCCC(=O)OC[C@H](COP(=O)(O)OC[C@@H](O)COP(=O)(O)O)OC(=O)CCCCCCCCCCCCCCCCCC(C)C. The van der Waals surface area contributed by atoms with Gasteiger partial charge in [-0.1, -0.05) is 179 Å². The van der Waals surface area contributed by atoms with Gasteiger partial charge in [0, 0.05) is 12.8 Å². The van der Waals surface area contributed by atoms with E-state index < -0.39 is 72.3 Å². The molecule has 0 aromatic heterocycles. The standard InChI is InChI=1S/C47H86O14P2/c1-4-5-6-7-24-29-34-43(48)35-30-25-20-17-18-21-26-31-36-46(50)57-40-45(41-60-63(55,56)59-39-44(49)38-58-62(52,53)54)61-47(51)37-32-27-22-16-14-12-10-8-9-11-13-15-19-23-28-33-42(2)3/h18,20-21,24-25,29-30,35,42-45,48-49H,4-17,19,22-23,26-28,31-34,36-41H2,1-3H3,(H,55,56)(H2,52,53,54)/b21-18-,25-20-,29-24-,35-30+/t43-,44+,45-/m1/s1. The number of esters is 2. The topological polar surface area (TPSA) is 216 Å². The van der Waals surface area contributed by atoms with E-state index in [1.165, 1.54) is 89.9 Å². The molecule has 0 rings (SSSR count). The van der Waals surface area contributed by atoms with Crippen LogP contribution < -0.4 is 0 Å². The normalized spacial score (nSPS) is 14.9. The summed E-state index contributed by atoms with van der Waals surface area (Å²) in [6, 6.07) is 0. The first-order chi connectivity index (χ1) is 30.1. The summed E-state index contributed by atoms with van der Waals surface area (Å²) in [5, 5.41) is 19.8. The molecule has 0 saturated carbocycles. The van der Waals surface area contributed by atoms with Crippen molar-refractivity contribution in [1.29, 1.82) is 0 Å². The maximum Gasteiger partial charge on any atom is 0.472 e. The molecule has 368 valence electrons. The predicted molar refractivity (Wildman–Crippen MR) is 250 cm³/mol. The second kappa shape index (κ2) is 41.5. The van der Waals surface area contributed by atoms with Crippen LogP contribution in [0.3, 0.4) is 0 Å². The third-order valence-corrected chi connectivity index (χ3v) is 11.4. The fourth-order valence-electron chi connectivity index (χ4n) is 6.32. The Morgan fingerprint density at radius 2 is 1.11 bits per heavy atom. The maximum absolute atomic E-state index is 12.7. The summed E-state index contributed by atoms with van der Waals surface area (Å²) < 4.78 is 47.8. The van der Waals surface area contributed by atoms with Crippen LogP contribution in [0.2, 0.25) is 0 Å². The molecule has 0 aliphatic rings. The van der Waals surface area contributed by atoms with E-state index in [4.69, 9.17) is 23.8 Å². The molecule has 0 saturated heterocycles. The molecule has 0 aliphatic carbocycles. The van der Waals surface area contributed by atoms with E-state index in [1.807, 2.05) is 36.5 Å². The van der Waals surface area contributed by atoms with E-state index in [9.17, 15) is 33.8 Å². The van der Waals surface area contributed by atoms with Crippen molar-refractivity contribution in [3.8, 4) is 0 Å². The Balaban J connectivity index is 4.59. The van der Waals surface area contributed by atoms with Crippen LogP contribution in [0.4, 0.5) is 0 Å². The number of carbonyl (C=O) groups excluding carboxylic acids is 2. The fourth-order valence-corrected chi connectivity index (χ4v) is 7.47. The molecule has 0 aromatic carbocycles. The minimum Gasteiger partial charge on any atom is -0.462 e. The summed E-state index contributed by atoms with van der Waals surface area (Å²) in [5.41, 5.74) is 0. The van der Waals surface area contributed by atoms with E-state index in [1.54, 1.807) is 6.08 Å². The van der Waals surface area contributed by atoms with E-state index in [2.05, 4.69) is 35.9 Å². The third-order valence-electron chi connectivity index (χ3n) is 9.97. The molecule has 14 nitrogen and oxygen atoms in total. The fraction of sp³-hybridized carbons (Fsp3) is 0.787. The second-order valence-corrected chi connectivity index (χ2v) is 19.4. The molecule has 0 amide bonds. The van der Waals surface area contributed by atoms with Crippen molar-refractivity contribution in [2.45, 2.75) is 206 Å². The summed E-state index contributed by atoms with van der Waals surface area (Å²) in [6.07, 6.45) is 38.5. The lowest BCUT2D eigenvalue weighted by molar-refractivity contribution is -0.161. The highest BCUT2D eigenvalue weighted by Gasteiger charge is 2.28. The first kappa shape index (κ1) is 61.0. The second-order valence-electron chi connectivity index (χ2n) is 16.7. The Hall–Kier alpha value is -1.96. The van der Waals surface area contributed by atoms with Gasteiger partial charge < -0.3 is 34.4 Å². The molecule has 0 heterocycles. The van der Waals surface area contributed by atoms with Gasteiger partial charge in [-0.15, -0.1) is 0 Å². The van der Waals surface area contributed by atoms with Gasteiger partial charge in [-0.05, 0) is 50.9 Å². The van der Waals surface area contributed by atoms with Crippen molar-refractivity contribution in [2.75, 3.05) is 26.4 Å². The zero-order chi connectivity index (χ0) is 46.9. The lowest BCUT2D eigenvalue weighted by Crippen LogP contribution is -2.30. The molecule has 16 heteroatoms. The van der Waals surface area contributed by atoms with Crippen molar-refractivity contribution in [2.24, 2.45) is 5.92 Å². The molecule has 0 aromatic rings. The average Bonchev–Trinajstić information content (AvgIpc) is 3.23. The van der Waals surface area contributed by atoms with Crippen LogP contribution in [0, 0.1) is 5.92 Å². The molecule has 5 N–H and O–H groups in total. The highest BCUT2D eigenvalue weighted by Crippen LogP contribution is 2.43. The average molecular weight is 937 g/mol. The highest BCUT2D eigenvalue weighted by molar-refractivity contribution is 7.47. The molecule has 1 unspecified atom stereocenters. The lowest BCUT2D eigenvalue weighted by atomic mass is 10.0. The Bertz CT molecular complexity index is 1330. The number of carbonyl (C=O) groups is 2. The number of rotatable bonds is 44. The summed E-state index contributed by atoms with van der Waals surface area (Å²) in [5.74, 6) is -0.322. The quantitative estimate of drug-likeness (QED) is 0.0126. The number of phosphoric acid groups is 2. The number of allylic oxidation sites excluding steroid dienone is 6. The van der Waals surface area contributed by atoms with Crippen molar-refractivity contribution in [3.63, 3.8) is 0 Å². The van der Waals surface area contributed by atoms with Crippen LogP contribution in [0.5, 0.6) is 0 Å². The Kier molecular flexibility index (Phi) is 40.2. The summed E-state index contributed by atoms with van der Waals surface area (Å²) >= 11 is 0. The third kappa shape index (κ3) is 46.4. The Morgan fingerprint density at radius 3 is 1.71 bits per heavy atom. The smallest absolute Gasteiger partial charge is 0.462 e. The molecular weight excluding hydrogens is 850 g/mol. The molecule has 0 radical (unpaired) electrons. The Labute approximate surface area is 380 Å². The minimum atomic E-state index is -4.88. The van der Waals surface area contributed by atoms with Gasteiger partial charge in [-0.3, -0.25) is 23.2 Å². The van der Waals surface area contributed by atoms with Crippen molar-refractivity contribution in [3.05, 3.63) is 48.6 Å². The van der Waals surface area contributed by atoms with Gasteiger partial charge in [0.05, 0.1) is 25.9 Å². The molecular formula is C47H86O14P2. The zero-order valence-corrected chi connectivity index (χ0v) is 40.7. The van der Waals surface area contributed by atoms with Gasteiger partial charge in [-0.25, -0.2) is 9.13 Å².